The van der Waals surface area contributed by atoms with Gasteiger partial charge in [0.2, 0.25) is 5.95 Å². The molecule has 3 atom stereocenters. The number of anilines is 2. The van der Waals surface area contributed by atoms with Crippen LogP contribution in [0.25, 0.3) is 0 Å². The monoisotopic (exact) mass is 630 g/mol. The van der Waals surface area contributed by atoms with Gasteiger partial charge in [-0.25, -0.2) is 4.98 Å². The number of rotatable bonds is 5. The number of aryl methyl sites for hydroxylation is 1. The van der Waals surface area contributed by atoms with Crippen LogP contribution in [0, 0.1) is 50.2 Å². The van der Waals surface area contributed by atoms with Crippen molar-refractivity contribution >= 4 is 17.7 Å². The summed E-state index contributed by atoms with van der Waals surface area (Å²) in [4.78, 5) is 23.1. The molecule has 1 aromatic rings. The number of nitrogens with two attached hydrogens (primary N) is 1. The first-order chi connectivity index (χ1) is 19.4. The number of hydrogen-bond acceptors (Lipinski definition) is 6. The minimum absolute atomic E-state index is 0.198. The van der Waals surface area contributed by atoms with Gasteiger partial charge in [0.1, 0.15) is 11.4 Å². The number of nitrogens with one attached hydrogen (secondary N) is 2. The van der Waals surface area contributed by atoms with Crippen LogP contribution in [-0.4, -0.2) is 37.7 Å². The second kappa shape index (κ2) is 10.3. The first-order valence-corrected chi connectivity index (χ1v) is 16.9. The highest BCUT2D eigenvalue weighted by atomic mass is 16.3. The number of carbonyl (C=O) groups is 1. The topological polar surface area (TPSA) is 113 Å². The molecule has 0 bridgehead atoms. The van der Waals surface area contributed by atoms with E-state index in [9.17, 15) is 9.90 Å². The van der Waals surface area contributed by atoms with Crippen LogP contribution in [0.3, 0.4) is 0 Å². The van der Waals surface area contributed by atoms with Crippen LogP contribution in [0.15, 0.2) is 0 Å². The molecular formula is C38H71N5O2. The highest BCUT2D eigenvalue weighted by Gasteiger charge is 2.78. The third kappa shape index (κ3) is 4.86. The molecule has 7 nitrogen and oxygen atoms in total. The van der Waals surface area contributed by atoms with Gasteiger partial charge in [-0.2, -0.15) is 4.98 Å². The van der Waals surface area contributed by atoms with Crippen LogP contribution in [0.5, 0.6) is 0 Å². The van der Waals surface area contributed by atoms with Crippen molar-refractivity contribution in [2.45, 2.75) is 169 Å². The normalized spacial score (nSPS) is 28.9. The molecule has 0 aliphatic heterocycles. The maximum Gasteiger partial charge on any atom is 0.254 e. The van der Waals surface area contributed by atoms with Crippen LogP contribution in [0.1, 0.15) is 161 Å². The highest BCUT2D eigenvalue weighted by molar-refractivity contribution is 5.99. The molecular weight excluding hydrogens is 558 g/mol. The van der Waals surface area contributed by atoms with Crippen molar-refractivity contribution in [3.05, 3.63) is 11.3 Å². The van der Waals surface area contributed by atoms with E-state index in [1.165, 1.54) is 0 Å². The van der Waals surface area contributed by atoms with Crippen LogP contribution >= 0.6 is 0 Å². The molecule has 1 amide bonds. The summed E-state index contributed by atoms with van der Waals surface area (Å²) < 4.78 is 0. The van der Waals surface area contributed by atoms with Crippen LogP contribution in [0.4, 0.5) is 11.8 Å². The highest BCUT2D eigenvalue weighted by Crippen LogP contribution is 2.76. The molecule has 0 saturated heterocycles. The zero-order valence-electron chi connectivity index (χ0n) is 33.3. The lowest BCUT2D eigenvalue weighted by atomic mass is 9.29. The molecule has 0 spiro atoms. The van der Waals surface area contributed by atoms with E-state index < -0.39 is 44.2 Å². The van der Waals surface area contributed by atoms with E-state index in [2.05, 4.69) is 149 Å². The fraction of sp³-hybridized carbons (Fsp3) is 0.868. The predicted octanol–water partition coefficient (Wildman–Crippen LogP) is 9.24. The SMILES string of the molecule is Cc1nc(NC(C(C)(C)C)(C(C)(C)C)C(C)(C)C)nc(NC2(C)C(C)(C)C(C)(C)C(C)(C(C)(C)C)C(C)(O)C2(C)C)c1C(N)=O. The number of amides is 1. The van der Waals surface area contributed by atoms with Crippen molar-refractivity contribution in [3.63, 3.8) is 0 Å². The van der Waals surface area contributed by atoms with Crippen molar-refractivity contribution in [1.29, 1.82) is 0 Å². The standard InChI is InChI=1S/C38H71N5O2/c1-23-24(25(39)44)26(41-27(40-23)43-38(29(5,6)7,30(8,9)10)31(11,12)13)42-36(21)33(16,17)32(14,15)35(20,28(2,3)4)37(22,45)34(36,18)19/h45H,1-22H3,(H2,39,44)(H2,40,41,42,43). The van der Waals surface area contributed by atoms with Gasteiger partial charge in [-0.15, -0.1) is 0 Å². The fourth-order valence-electron chi connectivity index (χ4n) is 11.1. The minimum Gasteiger partial charge on any atom is -0.389 e. The number of aromatic nitrogens is 2. The van der Waals surface area contributed by atoms with E-state index in [1.54, 1.807) is 0 Å². The van der Waals surface area contributed by atoms with E-state index in [0.29, 0.717) is 17.5 Å². The summed E-state index contributed by atoms with van der Waals surface area (Å²) in [7, 11) is 0. The zero-order valence-corrected chi connectivity index (χ0v) is 33.3. The Morgan fingerprint density at radius 2 is 1.09 bits per heavy atom. The third-order valence-corrected chi connectivity index (χ3v) is 14.4. The van der Waals surface area contributed by atoms with Gasteiger partial charge in [0, 0.05) is 16.4 Å². The molecule has 7 heteroatoms. The Morgan fingerprint density at radius 3 is 1.42 bits per heavy atom. The Bertz CT molecular complexity index is 1240. The number of nitrogens with zero attached hydrogens (tertiary/aromatic N) is 2. The van der Waals surface area contributed by atoms with Crippen molar-refractivity contribution in [2.75, 3.05) is 10.6 Å². The van der Waals surface area contributed by atoms with Gasteiger partial charge in [0.05, 0.1) is 16.8 Å². The molecule has 1 heterocycles. The maximum absolute atomic E-state index is 13.1. The molecule has 1 saturated carbocycles. The van der Waals surface area contributed by atoms with E-state index in [0.717, 1.165) is 0 Å². The Labute approximate surface area is 277 Å². The number of primary amides is 1. The average Bonchev–Trinajstić information content (AvgIpc) is 2.76. The first kappa shape index (κ1) is 39.3. The molecule has 3 unspecified atom stereocenters. The maximum atomic E-state index is 13.1. The number of aliphatic hydroxyl groups is 1. The van der Waals surface area contributed by atoms with Gasteiger partial charge in [0.15, 0.2) is 0 Å². The van der Waals surface area contributed by atoms with E-state index >= 15 is 0 Å². The predicted molar refractivity (Wildman–Crippen MR) is 192 cm³/mol. The number of hydrogen-bond donors (Lipinski definition) is 4. The molecule has 2 rings (SSSR count). The molecule has 1 aromatic heterocycles. The summed E-state index contributed by atoms with van der Waals surface area (Å²) in [5.41, 5.74) is 1.60. The summed E-state index contributed by atoms with van der Waals surface area (Å²) in [5.74, 6) is 0.244. The third-order valence-electron chi connectivity index (χ3n) is 14.4. The lowest BCUT2D eigenvalue weighted by Gasteiger charge is -2.78. The van der Waals surface area contributed by atoms with Crippen molar-refractivity contribution < 1.29 is 9.90 Å². The Hall–Kier alpha value is -1.89. The number of carbonyl (C=O) groups excluding carboxylic acids is 1. The Kier molecular flexibility index (Phi) is 9.00. The lowest BCUT2D eigenvalue weighted by Crippen LogP contribution is -2.82. The Morgan fingerprint density at radius 1 is 0.689 bits per heavy atom. The average molecular weight is 630 g/mol. The molecule has 1 aliphatic carbocycles. The van der Waals surface area contributed by atoms with Crippen LogP contribution < -0.4 is 16.4 Å². The van der Waals surface area contributed by atoms with E-state index in [1.807, 2.05) is 13.8 Å². The van der Waals surface area contributed by atoms with Crippen LogP contribution in [0.2, 0.25) is 0 Å². The largest absolute Gasteiger partial charge is 0.389 e. The van der Waals surface area contributed by atoms with E-state index in [4.69, 9.17) is 15.7 Å². The molecule has 5 N–H and O–H groups in total. The molecule has 0 radical (unpaired) electrons. The van der Waals surface area contributed by atoms with Crippen molar-refractivity contribution in [1.82, 2.24) is 9.97 Å². The van der Waals surface area contributed by atoms with Gasteiger partial charge in [-0.3, -0.25) is 4.79 Å². The summed E-state index contributed by atoms with van der Waals surface area (Å²) in [5, 5.41) is 20.5. The quantitative estimate of drug-likeness (QED) is 0.258. The molecule has 45 heavy (non-hydrogen) atoms. The zero-order chi connectivity index (χ0) is 36.2. The summed E-state index contributed by atoms with van der Waals surface area (Å²) in [6, 6.07) is 0. The second-order valence-corrected chi connectivity index (χ2v) is 20.4. The fourth-order valence-corrected chi connectivity index (χ4v) is 11.1. The summed E-state index contributed by atoms with van der Waals surface area (Å²) >= 11 is 0. The summed E-state index contributed by atoms with van der Waals surface area (Å²) in [6.45, 7) is 48.6. The lowest BCUT2D eigenvalue weighted by molar-refractivity contribution is -0.322. The molecule has 1 fully saturated rings. The molecule has 0 aromatic carbocycles. The van der Waals surface area contributed by atoms with Crippen molar-refractivity contribution in [3.8, 4) is 0 Å². The second-order valence-electron chi connectivity index (χ2n) is 20.4. The van der Waals surface area contributed by atoms with Gasteiger partial charge < -0.3 is 21.5 Å². The van der Waals surface area contributed by atoms with Crippen LogP contribution in [-0.2, 0) is 0 Å². The Balaban J connectivity index is 3.04. The van der Waals surface area contributed by atoms with Gasteiger partial charge >= 0.3 is 0 Å². The van der Waals surface area contributed by atoms with Crippen molar-refractivity contribution in [2.24, 2.45) is 49.1 Å². The minimum atomic E-state index is -1.14. The smallest absolute Gasteiger partial charge is 0.254 e. The van der Waals surface area contributed by atoms with E-state index in [-0.39, 0.29) is 27.2 Å². The first-order valence-electron chi connectivity index (χ1n) is 16.9. The molecule has 260 valence electrons. The van der Waals surface area contributed by atoms with Gasteiger partial charge in [-0.1, -0.05) is 132 Å². The molecule has 1 aliphatic rings. The van der Waals surface area contributed by atoms with Gasteiger partial charge in [-0.05, 0) is 53.3 Å². The summed E-state index contributed by atoms with van der Waals surface area (Å²) in [6.07, 6.45) is 0. The van der Waals surface area contributed by atoms with Gasteiger partial charge in [0.25, 0.3) is 5.91 Å².